The van der Waals surface area contributed by atoms with E-state index in [2.05, 4.69) is 0 Å². The lowest BCUT2D eigenvalue weighted by Crippen LogP contribution is -2.37. The van der Waals surface area contributed by atoms with Crippen molar-refractivity contribution in [2.45, 2.75) is 4.33 Å². The summed E-state index contributed by atoms with van der Waals surface area (Å²) in [5.74, 6) is 0.252. The first-order valence-electron chi connectivity index (χ1n) is 3.76. The van der Waals surface area contributed by atoms with Crippen LogP contribution in [0, 0.1) is 0 Å². The number of halogens is 2. The van der Waals surface area contributed by atoms with Gasteiger partial charge in [-0.2, -0.15) is 0 Å². The fourth-order valence-electron chi connectivity index (χ4n) is 1.21. The van der Waals surface area contributed by atoms with Gasteiger partial charge in [0, 0.05) is 0 Å². The van der Waals surface area contributed by atoms with E-state index in [9.17, 15) is 4.79 Å². The molecule has 0 N–H and O–H groups in total. The van der Waals surface area contributed by atoms with Crippen LogP contribution in [0.3, 0.4) is 0 Å². The number of alkyl halides is 2. The van der Waals surface area contributed by atoms with E-state index in [1.54, 1.807) is 24.3 Å². The molecule has 2 rings (SSSR count). The highest BCUT2D eigenvalue weighted by Crippen LogP contribution is 2.35. The molecule has 0 unspecified atom stereocenters. The Hall–Kier alpha value is -0.730. The normalized spacial score (nSPS) is 19.1. The van der Waals surface area contributed by atoms with Crippen molar-refractivity contribution in [3.8, 4) is 5.75 Å². The molecule has 0 fully saturated rings. The summed E-state index contributed by atoms with van der Waals surface area (Å²) in [7, 11) is 0. The highest BCUT2D eigenvalue weighted by molar-refractivity contribution is 6.60. The molecular formula is C9H6Cl2O2. The second-order valence-electron chi connectivity index (χ2n) is 2.82. The van der Waals surface area contributed by atoms with Gasteiger partial charge in [0.2, 0.25) is 10.1 Å². The molecule has 1 aliphatic rings. The largest absolute Gasteiger partial charge is 0.489 e. The van der Waals surface area contributed by atoms with Crippen LogP contribution in [0.5, 0.6) is 5.75 Å². The minimum Gasteiger partial charge on any atom is -0.489 e. The Balaban J connectivity index is 2.52. The van der Waals surface area contributed by atoms with Crippen LogP contribution in [0.25, 0.3) is 0 Å². The summed E-state index contributed by atoms with van der Waals surface area (Å²) in [6.45, 7) is 0.00591. The van der Waals surface area contributed by atoms with Crippen LogP contribution in [-0.4, -0.2) is 16.7 Å². The summed E-state index contributed by atoms with van der Waals surface area (Å²) in [5.41, 5.74) is 0.443. The first-order valence-corrected chi connectivity index (χ1v) is 4.51. The minimum absolute atomic E-state index is 0.00591. The molecule has 68 valence electrons. The van der Waals surface area contributed by atoms with E-state index >= 15 is 0 Å². The number of para-hydroxylation sites is 1. The van der Waals surface area contributed by atoms with Gasteiger partial charge in [0.05, 0.1) is 5.56 Å². The second kappa shape index (κ2) is 2.89. The first-order chi connectivity index (χ1) is 6.11. The van der Waals surface area contributed by atoms with E-state index < -0.39 is 4.33 Å². The highest BCUT2D eigenvalue weighted by atomic mass is 35.5. The van der Waals surface area contributed by atoms with E-state index in [0.717, 1.165) is 0 Å². The maximum absolute atomic E-state index is 11.6. The van der Waals surface area contributed by atoms with Crippen LogP contribution in [0.15, 0.2) is 24.3 Å². The molecule has 13 heavy (non-hydrogen) atoms. The molecule has 0 bridgehead atoms. The average Bonchev–Trinajstić information content (AvgIpc) is 2.13. The quantitative estimate of drug-likeness (QED) is 0.624. The summed E-state index contributed by atoms with van der Waals surface area (Å²) < 4.78 is 3.79. The molecule has 0 aliphatic carbocycles. The fraction of sp³-hybridized carbons (Fsp3) is 0.222. The van der Waals surface area contributed by atoms with Gasteiger partial charge in [-0.1, -0.05) is 35.3 Å². The van der Waals surface area contributed by atoms with Gasteiger partial charge in [0.15, 0.2) is 0 Å². The number of hydrogen-bond donors (Lipinski definition) is 0. The third kappa shape index (κ3) is 1.40. The smallest absolute Gasteiger partial charge is 0.214 e. The highest BCUT2D eigenvalue weighted by Gasteiger charge is 2.40. The molecule has 1 aliphatic heterocycles. The van der Waals surface area contributed by atoms with Gasteiger partial charge in [-0.05, 0) is 12.1 Å². The van der Waals surface area contributed by atoms with Crippen molar-refractivity contribution in [1.29, 1.82) is 0 Å². The maximum Gasteiger partial charge on any atom is 0.214 e. The lowest BCUT2D eigenvalue weighted by molar-refractivity contribution is 0.0917. The maximum atomic E-state index is 11.6. The zero-order valence-corrected chi connectivity index (χ0v) is 8.10. The van der Waals surface area contributed by atoms with E-state index in [-0.39, 0.29) is 12.4 Å². The summed E-state index contributed by atoms with van der Waals surface area (Å²) >= 11 is 11.5. The zero-order chi connectivity index (χ0) is 9.47. The van der Waals surface area contributed by atoms with Crippen LogP contribution < -0.4 is 4.74 Å². The average molecular weight is 217 g/mol. The number of carbonyl (C=O) groups is 1. The number of ketones is 1. The van der Waals surface area contributed by atoms with Crippen molar-refractivity contribution < 1.29 is 9.53 Å². The standard InChI is InChI=1S/C9H6Cl2O2/c10-9(11)5-13-7-4-2-1-3-6(7)8(9)12/h1-4H,5H2. The van der Waals surface area contributed by atoms with E-state index in [0.29, 0.717) is 11.3 Å². The van der Waals surface area contributed by atoms with Gasteiger partial charge >= 0.3 is 0 Å². The molecule has 0 aromatic heterocycles. The Morgan fingerprint density at radius 3 is 2.77 bits per heavy atom. The SMILES string of the molecule is O=C1c2ccccc2OCC1(Cl)Cl. The molecule has 2 nitrogen and oxygen atoms in total. The molecule has 1 aromatic rings. The third-order valence-corrected chi connectivity index (χ3v) is 2.43. The predicted molar refractivity (Wildman–Crippen MR) is 50.7 cm³/mol. The summed E-state index contributed by atoms with van der Waals surface area (Å²) in [6, 6.07) is 6.91. The lowest BCUT2D eigenvalue weighted by Gasteiger charge is -2.25. The molecule has 0 saturated carbocycles. The van der Waals surface area contributed by atoms with Crippen molar-refractivity contribution in [2.75, 3.05) is 6.61 Å². The van der Waals surface area contributed by atoms with E-state index in [4.69, 9.17) is 27.9 Å². The van der Waals surface area contributed by atoms with Crippen LogP contribution >= 0.6 is 23.2 Å². The van der Waals surface area contributed by atoms with Crippen molar-refractivity contribution in [1.82, 2.24) is 0 Å². The summed E-state index contributed by atoms with van der Waals surface area (Å²) in [5, 5.41) is 0. The Labute approximate surface area is 85.4 Å². The van der Waals surface area contributed by atoms with Gasteiger partial charge in [-0.3, -0.25) is 4.79 Å². The summed E-state index contributed by atoms with van der Waals surface area (Å²) in [6.07, 6.45) is 0. The van der Waals surface area contributed by atoms with E-state index in [1.165, 1.54) is 0 Å². The van der Waals surface area contributed by atoms with Gasteiger partial charge in [0.25, 0.3) is 0 Å². The van der Waals surface area contributed by atoms with Crippen molar-refractivity contribution in [2.24, 2.45) is 0 Å². The van der Waals surface area contributed by atoms with E-state index in [1.807, 2.05) is 0 Å². The molecule has 1 aromatic carbocycles. The molecule has 0 amide bonds. The number of fused-ring (bicyclic) bond motifs is 1. The Kier molecular flexibility index (Phi) is 1.97. The van der Waals surface area contributed by atoms with Crippen molar-refractivity contribution in [3.05, 3.63) is 29.8 Å². The topological polar surface area (TPSA) is 26.3 Å². The second-order valence-corrected chi connectivity index (χ2v) is 4.30. The molecule has 4 heteroatoms. The van der Waals surface area contributed by atoms with Crippen LogP contribution in [0.4, 0.5) is 0 Å². The van der Waals surface area contributed by atoms with Gasteiger partial charge in [-0.15, -0.1) is 0 Å². The van der Waals surface area contributed by atoms with Crippen molar-refractivity contribution >= 4 is 29.0 Å². The lowest BCUT2D eigenvalue weighted by atomic mass is 10.0. The number of Topliss-reactive ketones (excluding diaryl/α,β-unsaturated/α-hetero) is 1. The molecule has 1 heterocycles. The molecule has 0 atom stereocenters. The Morgan fingerprint density at radius 2 is 2.00 bits per heavy atom. The number of ether oxygens (including phenoxy) is 1. The van der Waals surface area contributed by atoms with Gasteiger partial charge in [0.1, 0.15) is 12.4 Å². The van der Waals surface area contributed by atoms with Crippen LogP contribution in [0.2, 0.25) is 0 Å². The Morgan fingerprint density at radius 1 is 1.31 bits per heavy atom. The first kappa shape index (κ1) is 8.85. The van der Waals surface area contributed by atoms with Crippen LogP contribution in [0.1, 0.15) is 10.4 Å². The third-order valence-electron chi connectivity index (χ3n) is 1.87. The molecule has 0 saturated heterocycles. The molecule has 0 spiro atoms. The minimum atomic E-state index is -1.44. The van der Waals surface area contributed by atoms with Gasteiger partial charge < -0.3 is 4.74 Å². The molecule has 0 radical (unpaired) electrons. The Bertz CT molecular complexity index is 360. The van der Waals surface area contributed by atoms with Crippen molar-refractivity contribution in [3.63, 3.8) is 0 Å². The number of carbonyl (C=O) groups excluding carboxylic acids is 1. The number of hydrogen-bond acceptors (Lipinski definition) is 2. The molecular weight excluding hydrogens is 211 g/mol. The van der Waals surface area contributed by atoms with Crippen LogP contribution in [-0.2, 0) is 0 Å². The number of benzene rings is 1. The number of rotatable bonds is 0. The van der Waals surface area contributed by atoms with Gasteiger partial charge in [-0.25, -0.2) is 0 Å². The monoisotopic (exact) mass is 216 g/mol. The zero-order valence-electron chi connectivity index (χ0n) is 6.59. The fourth-order valence-corrected chi connectivity index (χ4v) is 1.52. The summed E-state index contributed by atoms with van der Waals surface area (Å²) in [4.78, 5) is 11.6. The predicted octanol–water partition coefficient (Wildman–Crippen LogP) is 2.44.